The number of aryl methyl sites for hydroxylation is 3. The Bertz CT molecular complexity index is 963. The van der Waals surface area contributed by atoms with Crippen LogP contribution in [0.15, 0.2) is 36.4 Å². The van der Waals surface area contributed by atoms with E-state index < -0.39 is 0 Å². The molecule has 1 aromatic heterocycles. The third kappa shape index (κ3) is 3.54. The van der Waals surface area contributed by atoms with Gasteiger partial charge in [-0.1, -0.05) is 24.3 Å². The molecule has 0 atom stereocenters. The number of nitrogens with zero attached hydrogens (tertiary/aromatic N) is 2. The van der Waals surface area contributed by atoms with Crippen LogP contribution in [0.3, 0.4) is 0 Å². The summed E-state index contributed by atoms with van der Waals surface area (Å²) in [5.74, 6) is 1.42. The van der Waals surface area contributed by atoms with Crippen molar-refractivity contribution in [2.45, 2.75) is 39.5 Å². The molecule has 2 aromatic carbocycles. The molecule has 0 aliphatic carbocycles. The number of piperidine rings is 1. The van der Waals surface area contributed by atoms with Gasteiger partial charge in [0.15, 0.2) is 0 Å². The molecule has 1 saturated heterocycles. The Labute approximate surface area is 159 Å². The maximum absolute atomic E-state index is 12.7. The molecule has 0 unspecified atom stereocenters. The number of urea groups is 1. The van der Waals surface area contributed by atoms with Crippen molar-refractivity contribution in [2.75, 3.05) is 18.4 Å². The first-order valence-corrected chi connectivity index (χ1v) is 9.59. The molecule has 2 N–H and O–H groups in total. The van der Waals surface area contributed by atoms with Gasteiger partial charge in [-0.05, 0) is 62.4 Å². The summed E-state index contributed by atoms with van der Waals surface area (Å²) in [5, 5.41) is 3.09. The first-order valence-electron chi connectivity index (χ1n) is 9.59. The predicted molar refractivity (Wildman–Crippen MR) is 109 cm³/mol. The third-order valence-electron chi connectivity index (χ3n) is 5.54. The molecule has 0 saturated carbocycles. The molecule has 2 heterocycles. The lowest BCUT2D eigenvalue weighted by atomic mass is 9.96. The molecule has 140 valence electrons. The van der Waals surface area contributed by atoms with Crippen LogP contribution in [0.4, 0.5) is 10.5 Å². The fraction of sp³-hybridized carbons (Fsp3) is 0.364. The molecule has 0 bridgehead atoms. The number of amides is 2. The number of hydrogen-bond donors (Lipinski definition) is 2. The van der Waals surface area contributed by atoms with Crippen molar-refractivity contribution >= 4 is 22.8 Å². The Morgan fingerprint density at radius 2 is 1.81 bits per heavy atom. The van der Waals surface area contributed by atoms with E-state index in [-0.39, 0.29) is 6.03 Å². The largest absolute Gasteiger partial charge is 0.342 e. The van der Waals surface area contributed by atoms with E-state index in [1.807, 2.05) is 36.9 Å². The summed E-state index contributed by atoms with van der Waals surface area (Å²) in [6.07, 6.45) is 1.86. The average Bonchev–Trinajstić information content (AvgIpc) is 3.08. The number of likely N-dealkylation sites (tertiary alicyclic amines) is 1. The summed E-state index contributed by atoms with van der Waals surface area (Å²) in [4.78, 5) is 22.8. The molecule has 1 aliphatic rings. The minimum atomic E-state index is -0.00826. The molecular formula is C22H26N4O. The smallest absolute Gasteiger partial charge is 0.321 e. The number of rotatable bonds is 2. The molecule has 5 heteroatoms. The first kappa shape index (κ1) is 17.6. The van der Waals surface area contributed by atoms with Gasteiger partial charge in [0.2, 0.25) is 0 Å². The quantitative estimate of drug-likeness (QED) is 0.681. The molecule has 2 amide bonds. The summed E-state index contributed by atoms with van der Waals surface area (Å²) in [6, 6.07) is 12.4. The number of aromatic nitrogens is 2. The zero-order valence-corrected chi connectivity index (χ0v) is 16.2. The maximum Gasteiger partial charge on any atom is 0.321 e. The van der Waals surface area contributed by atoms with Crippen molar-refractivity contribution in [3.8, 4) is 0 Å². The topological polar surface area (TPSA) is 61.0 Å². The van der Waals surface area contributed by atoms with Crippen LogP contribution in [-0.4, -0.2) is 34.0 Å². The van der Waals surface area contributed by atoms with Crippen LogP contribution in [0.25, 0.3) is 11.0 Å². The minimum Gasteiger partial charge on any atom is -0.342 e. The number of nitrogens with one attached hydrogen (secondary N) is 2. The molecule has 0 spiro atoms. The zero-order chi connectivity index (χ0) is 19.0. The number of imidazole rings is 1. The highest BCUT2D eigenvalue weighted by Crippen LogP contribution is 2.29. The second kappa shape index (κ2) is 7.06. The van der Waals surface area contributed by atoms with Gasteiger partial charge < -0.3 is 15.2 Å². The van der Waals surface area contributed by atoms with Gasteiger partial charge in [0.25, 0.3) is 0 Å². The molecule has 0 radical (unpaired) electrons. The number of para-hydroxylation sites is 1. The van der Waals surface area contributed by atoms with Crippen molar-refractivity contribution in [3.63, 3.8) is 0 Å². The number of anilines is 1. The Kier molecular flexibility index (Phi) is 4.60. The Balaban J connectivity index is 1.41. The second-order valence-electron chi connectivity index (χ2n) is 7.60. The molecule has 1 fully saturated rings. The van der Waals surface area contributed by atoms with Gasteiger partial charge in [0.05, 0.1) is 11.0 Å². The van der Waals surface area contributed by atoms with Gasteiger partial charge in [-0.15, -0.1) is 0 Å². The summed E-state index contributed by atoms with van der Waals surface area (Å²) in [7, 11) is 0. The van der Waals surface area contributed by atoms with Gasteiger partial charge in [-0.3, -0.25) is 0 Å². The van der Waals surface area contributed by atoms with Crippen LogP contribution in [0.5, 0.6) is 0 Å². The summed E-state index contributed by atoms with van der Waals surface area (Å²) < 4.78 is 0. The lowest BCUT2D eigenvalue weighted by Crippen LogP contribution is -2.40. The van der Waals surface area contributed by atoms with Gasteiger partial charge in [-0.2, -0.15) is 0 Å². The standard InChI is InChI=1S/C22H26N4O/c1-14-7-8-18-19(13-14)24-21(23-18)17-9-11-26(12-10-17)22(27)25-20-15(2)5-4-6-16(20)3/h4-8,13,17H,9-12H2,1-3H3,(H,23,24)(H,25,27). The van der Waals surface area contributed by atoms with Gasteiger partial charge in [0, 0.05) is 24.7 Å². The van der Waals surface area contributed by atoms with E-state index >= 15 is 0 Å². The van der Waals surface area contributed by atoms with E-state index in [4.69, 9.17) is 4.98 Å². The van der Waals surface area contributed by atoms with Crippen molar-refractivity contribution in [1.82, 2.24) is 14.9 Å². The van der Waals surface area contributed by atoms with Crippen LogP contribution < -0.4 is 5.32 Å². The van der Waals surface area contributed by atoms with Gasteiger partial charge >= 0.3 is 6.03 Å². The fourth-order valence-corrected chi connectivity index (χ4v) is 3.89. The SMILES string of the molecule is Cc1ccc2nc(C3CCN(C(=O)Nc4c(C)cccc4C)CC3)[nH]c2c1. The number of H-pyrrole nitrogens is 1. The van der Waals surface area contributed by atoms with Gasteiger partial charge in [0.1, 0.15) is 5.82 Å². The second-order valence-corrected chi connectivity index (χ2v) is 7.60. The van der Waals surface area contributed by atoms with Crippen LogP contribution in [0.2, 0.25) is 0 Å². The highest BCUT2D eigenvalue weighted by molar-refractivity contribution is 5.91. The zero-order valence-electron chi connectivity index (χ0n) is 16.2. The van der Waals surface area contributed by atoms with Crippen molar-refractivity contribution < 1.29 is 4.79 Å². The monoisotopic (exact) mass is 362 g/mol. The van der Waals surface area contributed by atoms with Crippen molar-refractivity contribution in [3.05, 3.63) is 58.9 Å². The molecule has 4 rings (SSSR count). The van der Waals surface area contributed by atoms with Crippen molar-refractivity contribution in [1.29, 1.82) is 0 Å². The van der Waals surface area contributed by atoms with E-state index in [1.165, 1.54) is 5.56 Å². The number of carbonyl (C=O) groups excluding carboxylic acids is 1. The number of benzene rings is 2. The van der Waals surface area contributed by atoms with E-state index in [2.05, 4.69) is 35.4 Å². The number of fused-ring (bicyclic) bond motifs is 1. The third-order valence-corrected chi connectivity index (χ3v) is 5.54. The molecule has 5 nitrogen and oxygen atoms in total. The number of aromatic amines is 1. The van der Waals surface area contributed by atoms with E-state index in [1.54, 1.807) is 0 Å². The lowest BCUT2D eigenvalue weighted by molar-refractivity contribution is 0.193. The Morgan fingerprint density at radius 3 is 2.52 bits per heavy atom. The van der Waals surface area contributed by atoms with Gasteiger partial charge in [-0.25, -0.2) is 9.78 Å². The maximum atomic E-state index is 12.7. The Hall–Kier alpha value is -2.82. The Morgan fingerprint density at radius 1 is 1.11 bits per heavy atom. The minimum absolute atomic E-state index is 0.00826. The molecule has 27 heavy (non-hydrogen) atoms. The van der Waals surface area contributed by atoms with E-state index in [9.17, 15) is 4.79 Å². The predicted octanol–water partition coefficient (Wildman–Crippen LogP) is 4.90. The normalized spacial score (nSPS) is 15.3. The molecule has 3 aromatic rings. The number of carbonyl (C=O) groups is 1. The van der Waals surface area contributed by atoms with E-state index in [0.29, 0.717) is 5.92 Å². The highest BCUT2D eigenvalue weighted by Gasteiger charge is 2.26. The molecule has 1 aliphatic heterocycles. The van der Waals surface area contributed by atoms with Crippen LogP contribution in [0.1, 0.15) is 41.3 Å². The van der Waals surface area contributed by atoms with Crippen molar-refractivity contribution in [2.24, 2.45) is 0 Å². The highest BCUT2D eigenvalue weighted by atomic mass is 16.2. The van der Waals surface area contributed by atoms with E-state index in [0.717, 1.165) is 59.6 Å². The number of hydrogen-bond acceptors (Lipinski definition) is 2. The molecular weight excluding hydrogens is 336 g/mol. The average molecular weight is 362 g/mol. The lowest BCUT2D eigenvalue weighted by Gasteiger charge is -2.31. The first-order chi connectivity index (χ1) is 13.0. The fourth-order valence-electron chi connectivity index (χ4n) is 3.89. The van der Waals surface area contributed by atoms with Crippen LogP contribution >= 0.6 is 0 Å². The van der Waals surface area contributed by atoms with Crippen LogP contribution in [0, 0.1) is 20.8 Å². The van der Waals surface area contributed by atoms with Crippen LogP contribution in [-0.2, 0) is 0 Å². The summed E-state index contributed by atoms with van der Waals surface area (Å²) in [5.41, 5.74) is 6.46. The summed E-state index contributed by atoms with van der Waals surface area (Å²) >= 11 is 0. The summed E-state index contributed by atoms with van der Waals surface area (Å²) in [6.45, 7) is 7.64.